The zero-order valence-corrected chi connectivity index (χ0v) is 14.4. The summed E-state index contributed by atoms with van der Waals surface area (Å²) >= 11 is 0. The van der Waals surface area contributed by atoms with Gasteiger partial charge in [-0.2, -0.15) is 0 Å². The van der Waals surface area contributed by atoms with E-state index < -0.39 is 10.0 Å². The molecule has 1 fully saturated rings. The molecule has 2 rings (SSSR count). The first-order valence-electron chi connectivity index (χ1n) is 7.55. The third kappa shape index (κ3) is 4.43. The van der Waals surface area contributed by atoms with Crippen LogP contribution in [-0.2, 0) is 10.0 Å². The maximum Gasteiger partial charge on any atom is 0.251 e. The molecule has 23 heavy (non-hydrogen) atoms. The van der Waals surface area contributed by atoms with Crippen LogP contribution in [0.3, 0.4) is 0 Å². The number of rotatable bonds is 6. The molecule has 1 aliphatic heterocycles. The molecule has 8 heteroatoms. The minimum absolute atomic E-state index is 0.0362. The van der Waals surface area contributed by atoms with Crippen molar-refractivity contribution in [2.24, 2.45) is 0 Å². The molecule has 1 aromatic rings. The van der Waals surface area contributed by atoms with E-state index >= 15 is 0 Å². The van der Waals surface area contributed by atoms with Gasteiger partial charge >= 0.3 is 0 Å². The smallest absolute Gasteiger partial charge is 0.251 e. The zero-order chi connectivity index (χ0) is 17.0. The Morgan fingerprint density at radius 3 is 2.70 bits per heavy atom. The maximum atomic E-state index is 12.4. The molecule has 0 bridgehead atoms. The van der Waals surface area contributed by atoms with E-state index in [1.807, 2.05) is 0 Å². The number of carbonyl (C=O) groups is 1. The quantitative estimate of drug-likeness (QED) is 0.699. The summed E-state index contributed by atoms with van der Waals surface area (Å²) < 4.78 is 32.4. The number of methoxy groups -OCH3 is 1. The summed E-state index contributed by atoms with van der Waals surface area (Å²) in [4.78, 5) is 12.3. The van der Waals surface area contributed by atoms with Gasteiger partial charge in [0.15, 0.2) is 0 Å². The fourth-order valence-electron chi connectivity index (χ4n) is 2.45. The zero-order valence-electron chi connectivity index (χ0n) is 13.5. The molecule has 7 nitrogen and oxygen atoms in total. The van der Waals surface area contributed by atoms with Gasteiger partial charge in [-0.15, -0.1) is 0 Å². The second-order valence-corrected chi connectivity index (χ2v) is 7.49. The summed E-state index contributed by atoms with van der Waals surface area (Å²) in [7, 11) is -2.36. The number of amides is 1. The molecule has 128 valence electrons. The van der Waals surface area contributed by atoms with Crippen molar-refractivity contribution in [3.63, 3.8) is 0 Å². The Kier molecular flexibility index (Phi) is 5.61. The number of sulfonamides is 1. The van der Waals surface area contributed by atoms with E-state index in [9.17, 15) is 13.2 Å². The van der Waals surface area contributed by atoms with Gasteiger partial charge in [0.1, 0.15) is 10.6 Å². The average molecular weight is 341 g/mol. The largest absolute Gasteiger partial charge is 0.495 e. The van der Waals surface area contributed by atoms with E-state index in [1.165, 1.54) is 19.2 Å². The molecule has 1 saturated heterocycles. The van der Waals surface area contributed by atoms with Crippen molar-refractivity contribution in [2.45, 2.75) is 37.2 Å². The second-order valence-electron chi connectivity index (χ2n) is 5.80. The highest BCUT2D eigenvalue weighted by Gasteiger charge is 2.23. The van der Waals surface area contributed by atoms with Gasteiger partial charge in [0.25, 0.3) is 5.91 Å². The molecular formula is C15H23N3O4S. The predicted octanol–water partition coefficient (Wildman–Crippen LogP) is 0.474. The molecule has 0 aromatic heterocycles. The van der Waals surface area contributed by atoms with E-state index in [0.717, 1.165) is 19.5 Å². The van der Waals surface area contributed by atoms with Gasteiger partial charge in [0, 0.05) is 24.2 Å². The predicted molar refractivity (Wildman–Crippen MR) is 87.2 cm³/mol. The maximum absolute atomic E-state index is 12.4. The lowest BCUT2D eigenvalue weighted by atomic mass is 10.2. The van der Waals surface area contributed by atoms with Crippen LogP contribution in [-0.4, -0.2) is 46.6 Å². The Morgan fingerprint density at radius 1 is 1.39 bits per heavy atom. The average Bonchev–Trinajstić information content (AvgIpc) is 2.98. The first kappa shape index (κ1) is 17.7. The number of hydrogen-bond acceptors (Lipinski definition) is 5. The molecule has 1 atom stereocenters. The highest BCUT2D eigenvalue weighted by Crippen LogP contribution is 2.25. The summed E-state index contributed by atoms with van der Waals surface area (Å²) in [6.07, 6.45) is 0.863. The molecule has 1 heterocycles. The van der Waals surface area contributed by atoms with Crippen molar-refractivity contribution < 1.29 is 17.9 Å². The minimum Gasteiger partial charge on any atom is -0.495 e. The molecule has 1 amide bonds. The molecule has 0 spiro atoms. The lowest BCUT2D eigenvalue weighted by Gasteiger charge is -2.15. The first-order valence-corrected chi connectivity index (χ1v) is 9.03. The van der Waals surface area contributed by atoms with Crippen LogP contribution in [0.5, 0.6) is 5.75 Å². The van der Waals surface area contributed by atoms with Crippen molar-refractivity contribution in [3.05, 3.63) is 23.8 Å². The molecular weight excluding hydrogens is 318 g/mol. The number of benzene rings is 1. The van der Waals surface area contributed by atoms with Crippen molar-refractivity contribution in [1.82, 2.24) is 15.4 Å². The lowest BCUT2D eigenvalue weighted by Crippen LogP contribution is -2.36. The lowest BCUT2D eigenvalue weighted by molar-refractivity contribution is 0.0940. The molecule has 1 unspecified atom stereocenters. The SMILES string of the molecule is COc1ccc(C(=O)NC2CCNC2)cc1S(=O)(=O)NC(C)C. The Labute approximate surface area is 136 Å². The third-order valence-electron chi connectivity index (χ3n) is 3.50. The summed E-state index contributed by atoms with van der Waals surface area (Å²) in [6, 6.07) is 4.22. The fourth-order valence-corrected chi connectivity index (χ4v) is 3.89. The Hall–Kier alpha value is -1.64. The first-order chi connectivity index (χ1) is 10.8. The van der Waals surface area contributed by atoms with Crippen LogP contribution in [0, 0.1) is 0 Å². The van der Waals surface area contributed by atoms with Crippen LogP contribution in [0.25, 0.3) is 0 Å². The molecule has 0 saturated carbocycles. The molecule has 0 aliphatic carbocycles. The molecule has 1 aromatic carbocycles. The highest BCUT2D eigenvalue weighted by atomic mass is 32.2. The van der Waals surface area contributed by atoms with E-state index in [-0.39, 0.29) is 28.6 Å². The summed E-state index contributed by atoms with van der Waals surface area (Å²) in [5.41, 5.74) is 0.293. The number of carbonyl (C=O) groups excluding carboxylic acids is 1. The minimum atomic E-state index is -3.75. The van der Waals surface area contributed by atoms with Crippen LogP contribution < -0.4 is 20.1 Å². The topological polar surface area (TPSA) is 96.5 Å². The van der Waals surface area contributed by atoms with Gasteiger partial charge in [0.05, 0.1) is 7.11 Å². The molecule has 3 N–H and O–H groups in total. The van der Waals surface area contributed by atoms with Crippen LogP contribution in [0.4, 0.5) is 0 Å². The van der Waals surface area contributed by atoms with E-state index in [2.05, 4.69) is 15.4 Å². The van der Waals surface area contributed by atoms with Crippen molar-refractivity contribution in [3.8, 4) is 5.75 Å². The van der Waals surface area contributed by atoms with Crippen LogP contribution in [0.15, 0.2) is 23.1 Å². The van der Waals surface area contributed by atoms with Crippen molar-refractivity contribution >= 4 is 15.9 Å². The monoisotopic (exact) mass is 341 g/mol. The van der Waals surface area contributed by atoms with E-state index in [1.54, 1.807) is 19.9 Å². The van der Waals surface area contributed by atoms with Gasteiger partial charge in [-0.3, -0.25) is 4.79 Å². The van der Waals surface area contributed by atoms with Gasteiger partial charge in [-0.05, 0) is 45.0 Å². The standard InChI is InChI=1S/C15H23N3O4S/c1-10(2)18-23(20,21)14-8-11(4-5-13(14)22-3)15(19)17-12-6-7-16-9-12/h4-5,8,10,12,16,18H,6-7,9H2,1-3H3,(H,17,19). The van der Waals surface area contributed by atoms with Gasteiger partial charge < -0.3 is 15.4 Å². The van der Waals surface area contributed by atoms with Gasteiger partial charge in [-0.25, -0.2) is 13.1 Å². The van der Waals surface area contributed by atoms with E-state index in [0.29, 0.717) is 5.56 Å². The third-order valence-corrected chi connectivity index (χ3v) is 5.18. The van der Waals surface area contributed by atoms with Crippen LogP contribution in [0.2, 0.25) is 0 Å². The number of ether oxygens (including phenoxy) is 1. The molecule has 0 radical (unpaired) electrons. The highest BCUT2D eigenvalue weighted by molar-refractivity contribution is 7.89. The van der Waals surface area contributed by atoms with Crippen molar-refractivity contribution in [2.75, 3.05) is 20.2 Å². The number of hydrogen-bond donors (Lipinski definition) is 3. The summed E-state index contributed by atoms with van der Waals surface area (Å²) in [5.74, 6) is -0.0837. The van der Waals surface area contributed by atoms with Crippen LogP contribution in [0.1, 0.15) is 30.6 Å². The van der Waals surface area contributed by atoms with Gasteiger partial charge in [-0.1, -0.05) is 0 Å². The number of nitrogens with one attached hydrogen (secondary N) is 3. The Balaban J connectivity index is 2.29. The van der Waals surface area contributed by atoms with E-state index in [4.69, 9.17) is 4.74 Å². The normalized spacial score (nSPS) is 18.2. The second kappa shape index (κ2) is 7.29. The van der Waals surface area contributed by atoms with Crippen LogP contribution >= 0.6 is 0 Å². The Morgan fingerprint density at radius 2 is 2.13 bits per heavy atom. The van der Waals surface area contributed by atoms with Crippen molar-refractivity contribution in [1.29, 1.82) is 0 Å². The summed E-state index contributed by atoms with van der Waals surface area (Å²) in [5, 5.41) is 6.06. The summed E-state index contributed by atoms with van der Waals surface area (Å²) in [6.45, 7) is 5.05. The van der Waals surface area contributed by atoms with Gasteiger partial charge in [0.2, 0.25) is 10.0 Å². The fraction of sp³-hybridized carbons (Fsp3) is 0.533. The molecule has 1 aliphatic rings. The Bertz CT molecular complexity index is 667.